The summed E-state index contributed by atoms with van der Waals surface area (Å²) in [5.41, 5.74) is 1.63. The summed E-state index contributed by atoms with van der Waals surface area (Å²) in [5.74, 6) is 0.755. The molecule has 10 heteroatoms. The van der Waals surface area contributed by atoms with Crippen LogP contribution in [0.5, 0.6) is 23.0 Å². The second-order valence-electron chi connectivity index (χ2n) is 7.84. The summed E-state index contributed by atoms with van der Waals surface area (Å²) in [5, 5.41) is 9.90. The first-order chi connectivity index (χ1) is 17.3. The molecule has 0 spiro atoms. The number of hydrogen-bond acceptors (Lipinski definition) is 9. The average Bonchev–Trinajstić information content (AvgIpc) is 3.18. The Morgan fingerprint density at radius 2 is 1.86 bits per heavy atom. The van der Waals surface area contributed by atoms with Crippen LogP contribution in [0.15, 0.2) is 57.5 Å². The van der Waals surface area contributed by atoms with Crippen molar-refractivity contribution in [1.29, 1.82) is 0 Å². The molecule has 2 heterocycles. The Kier molecular flexibility index (Phi) is 7.16. The lowest BCUT2D eigenvalue weighted by Gasteiger charge is -2.26. The number of fused-ring (bicyclic) bond motifs is 1. The van der Waals surface area contributed by atoms with Gasteiger partial charge in [-0.2, -0.15) is 0 Å². The standard InChI is InChI=1S/C26H26N2O7S/c1-6-35-25(31)22-14(2)27-26-28(23(22)17-9-8-16(32-3)13-19(17)33-4)24(30)21(36-26)12-15-7-10-18(29)20(11-15)34-5/h7-13,23,29H,6H2,1-5H3/b21-12+/t23-/m1/s1. The largest absolute Gasteiger partial charge is 0.504 e. The number of ether oxygens (including phenoxy) is 4. The zero-order valence-electron chi connectivity index (χ0n) is 20.5. The minimum absolute atomic E-state index is 0.00239. The summed E-state index contributed by atoms with van der Waals surface area (Å²) < 4.78 is 23.3. The summed E-state index contributed by atoms with van der Waals surface area (Å²) in [6, 6.07) is 9.19. The van der Waals surface area contributed by atoms with Gasteiger partial charge < -0.3 is 24.1 Å². The van der Waals surface area contributed by atoms with Gasteiger partial charge in [0.2, 0.25) is 0 Å². The molecule has 0 unspecified atom stereocenters. The normalized spacial score (nSPS) is 15.2. The van der Waals surface area contributed by atoms with Gasteiger partial charge in [-0.05, 0) is 49.8 Å². The van der Waals surface area contributed by atoms with Gasteiger partial charge in [0.25, 0.3) is 5.56 Å². The van der Waals surface area contributed by atoms with Crippen molar-refractivity contribution in [2.75, 3.05) is 27.9 Å². The minimum atomic E-state index is -0.822. The number of phenolic OH excluding ortho intramolecular Hbond substituents is 1. The number of esters is 1. The molecule has 0 bridgehead atoms. The molecule has 0 saturated carbocycles. The Morgan fingerprint density at radius 1 is 1.11 bits per heavy atom. The van der Waals surface area contributed by atoms with E-state index in [9.17, 15) is 14.7 Å². The Balaban J connectivity index is 1.98. The van der Waals surface area contributed by atoms with Crippen molar-refractivity contribution in [2.45, 2.75) is 19.9 Å². The second-order valence-corrected chi connectivity index (χ2v) is 8.85. The number of thiazole rings is 1. The number of aromatic hydroxyl groups is 1. The van der Waals surface area contributed by atoms with E-state index in [2.05, 4.69) is 4.99 Å². The van der Waals surface area contributed by atoms with Crippen LogP contribution in [0.3, 0.4) is 0 Å². The third-order valence-corrected chi connectivity index (χ3v) is 6.74. The third-order valence-electron chi connectivity index (χ3n) is 5.75. The van der Waals surface area contributed by atoms with Crippen molar-refractivity contribution in [1.82, 2.24) is 4.57 Å². The highest BCUT2D eigenvalue weighted by Gasteiger charge is 2.35. The first-order valence-electron chi connectivity index (χ1n) is 11.1. The molecule has 0 aliphatic carbocycles. The number of benzene rings is 2. The van der Waals surface area contributed by atoms with E-state index in [0.717, 1.165) is 0 Å². The number of hydrogen-bond donors (Lipinski definition) is 1. The van der Waals surface area contributed by atoms with Crippen molar-refractivity contribution in [3.8, 4) is 23.0 Å². The number of allylic oxidation sites excluding steroid dienone is 1. The van der Waals surface area contributed by atoms with Crippen molar-refractivity contribution >= 4 is 23.4 Å². The minimum Gasteiger partial charge on any atom is -0.504 e. The van der Waals surface area contributed by atoms with E-state index >= 15 is 0 Å². The van der Waals surface area contributed by atoms with Crippen molar-refractivity contribution < 1.29 is 28.8 Å². The first-order valence-corrected chi connectivity index (χ1v) is 11.9. The molecule has 3 aromatic rings. The monoisotopic (exact) mass is 510 g/mol. The molecular weight excluding hydrogens is 484 g/mol. The van der Waals surface area contributed by atoms with Crippen LogP contribution in [0.25, 0.3) is 6.08 Å². The summed E-state index contributed by atoms with van der Waals surface area (Å²) in [6.07, 6.45) is 1.69. The summed E-state index contributed by atoms with van der Waals surface area (Å²) in [6.45, 7) is 3.62. The van der Waals surface area contributed by atoms with Crippen molar-refractivity contribution in [3.63, 3.8) is 0 Å². The van der Waals surface area contributed by atoms with E-state index in [1.54, 1.807) is 57.4 Å². The molecule has 4 rings (SSSR count). The zero-order chi connectivity index (χ0) is 26.0. The first kappa shape index (κ1) is 25.1. The van der Waals surface area contributed by atoms with Gasteiger partial charge in [-0.25, -0.2) is 9.79 Å². The van der Waals surface area contributed by atoms with Crippen molar-refractivity contribution in [2.24, 2.45) is 4.99 Å². The van der Waals surface area contributed by atoms with Crippen LogP contribution in [0.1, 0.15) is 31.0 Å². The Hall–Kier alpha value is -4.05. The molecule has 1 N–H and O–H groups in total. The van der Waals surface area contributed by atoms with Crippen LogP contribution in [0.2, 0.25) is 0 Å². The van der Waals surface area contributed by atoms with Crippen LogP contribution >= 0.6 is 11.3 Å². The van der Waals surface area contributed by atoms with Gasteiger partial charge in [0.05, 0.1) is 43.7 Å². The molecule has 188 valence electrons. The van der Waals surface area contributed by atoms with E-state index < -0.39 is 12.0 Å². The highest BCUT2D eigenvalue weighted by Crippen LogP contribution is 2.37. The van der Waals surface area contributed by atoms with Crippen LogP contribution in [0.4, 0.5) is 0 Å². The lowest BCUT2D eigenvalue weighted by atomic mass is 9.95. The van der Waals surface area contributed by atoms with E-state index in [1.807, 2.05) is 0 Å². The predicted molar refractivity (Wildman–Crippen MR) is 135 cm³/mol. The molecule has 1 aromatic heterocycles. The van der Waals surface area contributed by atoms with Crippen molar-refractivity contribution in [3.05, 3.63) is 78.5 Å². The molecule has 0 radical (unpaired) electrons. The van der Waals surface area contributed by atoms with Crippen LogP contribution < -0.4 is 29.1 Å². The average molecular weight is 511 g/mol. The summed E-state index contributed by atoms with van der Waals surface area (Å²) in [4.78, 5) is 31.8. The zero-order valence-corrected chi connectivity index (χ0v) is 21.3. The van der Waals surface area contributed by atoms with Gasteiger partial charge in [-0.3, -0.25) is 9.36 Å². The number of carbonyl (C=O) groups is 1. The van der Waals surface area contributed by atoms with Gasteiger partial charge in [-0.1, -0.05) is 17.4 Å². The molecule has 0 amide bonds. The lowest BCUT2D eigenvalue weighted by molar-refractivity contribution is -0.139. The predicted octanol–water partition coefficient (Wildman–Crippen LogP) is 2.53. The second kappa shape index (κ2) is 10.3. The Morgan fingerprint density at radius 3 is 2.53 bits per heavy atom. The van der Waals surface area contributed by atoms with Crippen LogP contribution in [-0.2, 0) is 9.53 Å². The quantitative estimate of drug-likeness (QED) is 0.487. The molecule has 0 saturated heterocycles. The van der Waals surface area contributed by atoms with E-state index in [4.69, 9.17) is 18.9 Å². The molecule has 2 aromatic carbocycles. The van der Waals surface area contributed by atoms with Gasteiger partial charge in [0.15, 0.2) is 16.3 Å². The maximum Gasteiger partial charge on any atom is 0.338 e. The number of aromatic nitrogens is 1. The molecule has 0 fully saturated rings. The fraction of sp³-hybridized carbons (Fsp3) is 0.269. The molecule has 1 aliphatic heterocycles. The maximum absolute atomic E-state index is 13.7. The number of phenols is 1. The summed E-state index contributed by atoms with van der Waals surface area (Å²) >= 11 is 1.20. The van der Waals surface area contributed by atoms with Crippen LogP contribution in [0, 0.1) is 0 Å². The summed E-state index contributed by atoms with van der Waals surface area (Å²) in [7, 11) is 4.51. The molecule has 1 atom stereocenters. The number of methoxy groups -OCH3 is 3. The number of rotatable bonds is 7. The molecule has 36 heavy (non-hydrogen) atoms. The highest BCUT2D eigenvalue weighted by molar-refractivity contribution is 7.07. The van der Waals surface area contributed by atoms with Crippen LogP contribution in [-0.4, -0.2) is 43.6 Å². The third kappa shape index (κ3) is 4.47. The topological polar surface area (TPSA) is 109 Å². The van der Waals surface area contributed by atoms with Gasteiger partial charge in [-0.15, -0.1) is 0 Å². The maximum atomic E-state index is 13.7. The van der Waals surface area contributed by atoms with E-state index in [1.165, 1.54) is 36.2 Å². The smallest absolute Gasteiger partial charge is 0.338 e. The lowest BCUT2D eigenvalue weighted by Crippen LogP contribution is -2.40. The fourth-order valence-corrected chi connectivity index (χ4v) is 5.11. The Labute approximate surface area is 211 Å². The van der Waals surface area contributed by atoms with Gasteiger partial charge in [0.1, 0.15) is 17.5 Å². The fourth-order valence-electron chi connectivity index (χ4n) is 4.07. The van der Waals surface area contributed by atoms with E-state index in [0.29, 0.717) is 37.7 Å². The number of carbonyl (C=O) groups excluding carboxylic acids is 1. The highest BCUT2D eigenvalue weighted by atomic mass is 32.1. The van der Waals surface area contributed by atoms with Gasteiger partial charge in [0, 0.05) is 11.6 Å². The SMILES string of the molecule is CCOC(=O)C1=C(C)N=c2s/c(=C/c3ccc(O)c(OC)c3)c(=O)n2[C@@H]1c1ccc(OC)cc1OC. The molecule has 9 nitrogen and oxygen atoms in total. The Bertz CT molecular complexity index is 1530. The molecular formula is C26H26N2O7S. The van der Waals surface area contributed by atoms with Gasteiger partial charge >= 0.3 is 5.97 Å². The number of nitrogens with zero attached hydrogens (tertiary/aromatic N) is 2. The van der Waals surface area contributed by atoms with E-state index in [-0.39, 0.29) is 29.2 Å². The molecule has 1 aliphatic rings.